The molecule has 0 spiro atoms. The van der Waals surface area contributed by atoms with E-state index in [9.17, 15) is 0 Å². The van der Waals surface area contributed by atoms with Gasteiger partial charge >= 0.3 is 0 Å². The lowest BCUT2D eigenvalue weighted by molar-refractivity contribution is 0.313. The van der Waals surface area contributed by atoms with Crippen molar-refractivity contribution in [2.24, 2.45) is 0 Å². The summed E-state index contributed by atoms with van der Waals surface area (Å²) in [5.41, 5.74) is 2.21. The predicted octanol–water partition coefficient (Wildman–Crippen LogP) is 8.73. The predicted molar refractivity (Wildman–Crippen MR) is 137 cm³/mol. The minimum Gasteiger partial charge on any atom is -0.493 e. The number of unbranched alkanes of at least 4 members (excludes halogenated alkanes) is 10. The van der Waals surface area contributed by atoms with Crippen LogP contribution in [0.5, 0.6) is 5.75 Å². The van der Waals surface area contributed by atoms with E-state index in [1.165, 1.54) is 76.2 Å². The lowest BCUT2D eigenvalue weighted by Crippen LogP contribution is -2.00. The highest BCUT2D eigenvalue weighted by Crippen LogP contribution is 2.27. The number of hydrogen-bond acceptors (Lipinski definition) is 3. The summed E-state index contributed by atoms with van der Waals surface area (Å²) in [6.45, 7) is 5.23. The van der Waals surface area contributed by atoms with Crippen LogP contribution < -0.4 is 4.74 Å². The Balaban J connectivity index is 1.74. The van der Waals surface area contributed by atoms with E-state index in [0.717, 1.165) is 36.4 Å². The van der Waals surface area contributed by atoms with Gasteiger partial charge in [0, 0.05) is 12.4 Å². The van der Waals surface area contributed by atoms with Crippen LogP contribution in [0.3, 0.4) is 0 Å². The maximum absolute atomic E-state index is 6.07. The quantitative estimate of drug-likeness (QED) is 0.173. The SMILES string of the molecule is CCCCCC=CCCCOc1ccccc1-c1ncc(CCCCCCCCC)cn1. The van der Waals surface area contributed by atoms with Gasteiger partial charge in [-0.1, -0.05) is 89.5 Å². The van der Waals surface area contributed by atoms with E-state index >= 15 is 0 Å². The average Bonchev–Trinajstić information content (AvgIpc) is 2.83. The van der Waals surface area contributed by atoms with Crippen LogP contribution in [0.15, 0.2) is 48.8 Å². The molecule has 1 aromatic carbocycles. The molecule has 2 rings (SSSR count). The van der Waals surface area contributed by atoms with Crippen LogP contribution in [-0.4, -0.2) is 16.6 Å². The molecule has 0 radical (unpaired) electrons. The molecule has 0 aliphatic heterocycles. The van der Waals surface area contributed by atoms with Crippen molar-refractivity contribution >= 4 is 0 Å². The van der Waals surface area contributed by atoms with Crippen molar-refractivity contribution in [3.63, 3.8) is 0 Å². The Bertz CT molecular complexity index is 739. The van der Waals surface area contributed by atoms with Crippen LogP contribution in [0.25, 0.3) is 11.4 Å². The van der Waals surface area contributed by atoms with Gasteiger partial charge in [0.05, 0.1) is 12.2 Å². The molecule has 176 valence electrons. The van der Waals surface area contributed by atoms with E-state index in [4.69, 9.17) is 4.74 Å². The molecule has 0 fully saturated rings. The molecule has 3 nitrogen and oxygen atoms in total. The molecule has 0 bridgehead atoms. The smallest absolute Gasteiger partial charge is 0.162 e. The Morgan fingerprint density at radius 2 is 1.34 bits per heavy atom. The summed E-state index contributed by atoms with van der Waals surface area (Å²) in [6.07, 6.45) is 26.1. The minimum atomic E-state index is 0.715. The Hall–Kier alpha value is -2.16. The Morgan fingerprint density at radius 1 is 0.719 bits per heavy atom. The third-order valence-corrected chi connectivity index (χ3v) is 5.82. The van der Waals surface area contributed by atoms with Gasteiger partial charge in [-0.3, -0.25) is 0 Å². The van der Waals surface area contributed by atoms with E-state index in [1.54, 1.807) is 0 Å². The van der Waals surface area contributed by atoms with Gasteiger partial charge in [-0.2, -0.15) is 0 Å². The summed E-state index contributed by atoms with van der Waals surface area (Å²) in [6, 6.07) is 8.11. The van der Waals surface area contributed by atoms with Crippen molar-refractivity contribution in [2.75, 3.05) is 6.61 Å². The van der Waals surface area contributed by atoms with Crippen LogP contribution in [0.1, 0.15) is 103 Å². The molecular formula is C29H44N2O. The molecule has 3 heteroatoms. The third kappa shape index (κ3) is 10.9. The number of para-hydroxylation sites is 1. The van der Waals surface area contributed by atoms with Crippen molar-refractivity contribution in [3.05, 3.63) is 54.4 Å². The number of allylic oxidation sites excluding steroid dienone is 2. The molecule has 0 atom stereocenters. The third-order valence-electron chi connectivity index (χ3n) is 5.82. The van der Waals surface area contributed by atoms with Crippen molar-refractivity contribution in [1.82, 2.24) is 9.97 Å². The summed E-state index contributed by atoms with van der Waals surface area (Å²) in [7, 11) is 0. The minimum absolute atomic E-state index is 0.715. The van der Waals surface area contributed by atoms with E-state index in [1.807, 2.05) is 36.7 Å². The lowest BCUT2D eigenvalue weighted by Gasteiger charge is -2.10. The normalized spacial score (nSPS) is 11.3. The number of benzene rings is 1. The molecular weight excluding hydrogens is 392 g/mol. The second-order valence-electron chi connectivity index (χ2n) is 8.74. The van der Waals surface area contributed by atoms with E-state index in [-0.39, 0.29) is 0 Å². The van der Waals surface area contributed by atoms with Crippen molar-refractivity contribution in [1.29, 1.82) is 0 Å². The number of rotatable bonds is 18. The van der Waals surface area contributed by atoms with Gasteiger partial charge in [0.1, 0.15) is 5.75 Å². The fourth-order valence-corrected chi connectivity index (χ4v) is 3.82. The molecule has 0 saturated carbocycles. The first kappa shape index (κ1) is 26.1. The largest absolute Gasteiger partial charge is 0.493 e. The van der Waals surface area contributed by atoms with Crippen LogP contribution in [0.2, 0.25) is 0 Å². The molecule has 0 saturated heterocycles. The van der Waals surface area contributed by atoms with E-state index in [2.05, 4.69) is 36.0 Å². The van der Waals surface area contributed by atoms with Gasteiger partial charge in [0.2, 0.25) is 0 Å². The van der Waals surface area contributed by atoms with Gasteiger partial charge in [-0.05, 0) is 56.2 Å². The highest BCUT2D eigenvalue weighted by Gasteiger charge is 2.08. The van der Waals surface area contributed by atoms with Crippen LogP contribution in [-0.2, 0) is 6.42 Å². The number of nitrogens with zero attached hydrogens (tertiary/aromatic N) is 2. The van der Waals surface area contributed by atoms with Crippen LogP contribution in [0, 0.1) is 0 Å². The fourth-order valence-electron chi connectivity index (χ4n) is 3.82. The molecule has 0 aliphatic rings. The monoisotopic (exact) mass is 436 g/mol. The zero-order valence-corrected chi connectivity index (χ0v) is 20.5. The van der Waals surface area contributed by atoms with Crippen molar-refractivity contribution < 1.29 is 4.74 Å². The van der Waals surface area contributed by atoms with Crippen molar-refractivity contribution in [3.8, 4) is 17.1 Å². The first-order valence-electron chi connectivity index (χ1n) is 13.0. The lowest BCUT2D eigenvalue weighted by atomic mass is 10.1. The molecule has 0 aliphatic carbocycles. The first-order chi connectivity index (χ1) is 15.8. The van der Waals surface area contributed by atoms with Gasteiger partial charge in [0.25, 0.3) is 0 Å². The van der Waals surface area contributed by atoms with E-state index < -0.39 is 0 Å². The van der Waals surface area contributed by atoms with Crippen LogP contribution >= 0.6 is 0 Å². The molecule has 1 heterocycles. The number of hydrogen-bond donors (Lipinski definition) is 0. The summed E-state index contributed by atoms with van der Waals surface area (Å²) in [4.78, 5) is 9.28. The summed E-state index contributed by atoms with van der Waals surface area (Å²) in [5.74, 6) is 1.62. The fraction of sp³-hybridized carbons (Fsp3) is 0.586. The molecule has 0 N–H and O–H groups in total. The topological polar surface area (TPSA) is 35.0 Å². The maximum Gasteiger partial charge on any atom is 0.162 e. The first-order valence-corrected chi connectivity index (χ1v) is 13.0. The maximum atomic E-state index is 6.07. The van der Waals surface area contributed by atoms with Gasteiger partial charge in [-0.15, -0.1) is 0 Å². The highest BCUT2D eigenvalue weighted by atomic mass is 16.5. The summed E-state index contributed by atoms with van der Waals surface area (Å²) in [5, 5.41) is 0. The second kappa shape index (κ2) is 17.4. The molecule has 32 heavy (non-hydrogen) atoms. The number of ether oxygens (including phenoxy) is 1. The Morgan fingerprint density at radius 3 is 2.09 bits per heavy atom. The molecule has 0 unspecified atom stereocenters. The molecule has 1 aromatic heterocycles. The summed E-state index contributed by atoms with van der Waals surface area (Å²) >= 11 is 0. The Labute approximate surface area is 196 Å². The Kier molecular flexibility index (Phi) is 14.2. The highest BCUT2D eigenvalue weighted by molar-refractivity contribution is 5.63. The van der Waals surface area contributed by atoms with Gasteiger partial charge < -0.3 is 4.74 Å². The number of aryl methyl sites for hydroxylation is 1. The van der Waals surface area contributed by atoms with Gasteiger partial charge in [-0.25, -0.2) is 9.97 Å². The average molecular weight is 437 g/mol. The number of aromatic nitrogens is 2. The zero-order valence-electron chi connectivity index (χ0n) is 20.5. The standard InChI is InChI=1S/C29H44N2O/c1-3-5-7-9-11-13-15-19-23-32-28-22-18-17-21-27(28)29-30-24-26(25-31-29)20-16-14-12-10-8-6-4-2/h11,13,17-18,21-22,24-25H,3-10,12,14-16,19-20,23H2,1-2H3. The van der Waals surface area contributed by atoms with Crippen molar-refractivity contribution in [2.45, 2.75) is 104 Å². The molecule has 0 amide bonds. The zero-order chi connectivity index (χ0) is 22.7. The second-order valence-corrected chi connectivity index (χ2v) is 8.74. The molecule has 2 aromatic rings. The van der Waals surface area contributed by atoms with E-state index in [0.29, 0.717) is 6.61 Å². The summed E-state index contributed by atoms with van der Waals surface area (Å²) < 4.78 is 6.07. The van der Waals surface area contributed by atoms with Crippen LogP contribution in [0.4, 0.5) is 0 Å². The van der Waals surface area contributed by atoms with Gasteiger partial charge in [0.15, 0.2) is 5.82 Å².